The van der Waals surface area contributed by atoms with Crippen LogP contribution in [0.4, 0.5) is 0 Å². The molecule has 0 heterocycles. The molecule has 154 valence electrons. The van der Waals surface area contributed by atoms with Crippen LogP contribution in [0.25, 0.3) is 0 Å². The standard InChI is InChI=1S/C24H30N2O3/c1-2-22(24(28)25-20-13-9-10-14-20)26(17-19-11-5-3-6-12-19)23(27)18-29-21-15-7-4-8-16-21/h3-8,11-12,15-16,20,22H,2,9-10,13-14,17-18H2,1H3,(H,25,28)/t22-/m1/s1. The average Bonchev–Trinajstić information content (AvgIpc) is 3.26. The molecule has 0 aromatic heterocycles. The molecule has 2 aromatic carbocycles. The van der Waals surface area contributed by atoms with Gasteiger partial charge in [-0.2, -0.15) is 0 Å². The predicted octanol–water partition coefficient (Wildman–Crippen LogP) is 3.93. The fourth-order valence-electron chi connectivity index (χ4n) is 3.81. The van der Waals surface area contributed by atoms with E-state index < -0.39 is 6.04 Å². The van der Waals surface area contributed by atoms with E-state index in [0.29, 0.717) is 18.7 Å². The summed E-state index contributed by atoms with van der Waals surface area (Å²) in [6.07, 6.45) is 4.90. The number of rotatable bonds is 9. The second kappa shape index (κ2) is 10.6. The van der Waals surface area contributed by atoms with Crippen molar-refractivity contribution in [2.75, 3.05) is 6.61 Å². The number of hydrogen-bond donors (Lipinski definition) is 1. The monoisotopic (exact) mass is 394 g/mol. The van der Waals surface area contributed by atoms with Crippen LogP contribution in [-0.2, 0) is 16.1 Å². The molecule has 1 aliphatic carbocycles. The van der Waals surface area contributed by atoms with E-state index in [4.69, 9.17) is 4.74 Å². The van der Waals surface area contributed by atoms with Crippen LogP contribution in [0, 0.1) is 0 Å². The zero-order chi connectivity index (χ0) is 20.5. The van der Waals surface area contributed by atoms with E-state index >= 15 is 0 Å². The van der Waals surface area contributed by atoms with Crippen molar-refractivity contribution in [2.45, 2.75) is 57.7 Å². The highest BCUT2D eigenvalue weighted by Crippen LogP contribution is 2.19. The molecule has 0 radical (unpaired) electrons. The second-order valence-corrected chi connectivity index (χ2v) is 7.52. The molecule has 0 unspecified atom stereocenters. The molecule has 1 aliphatic rings. The van der Waals surface area contributed by atoms with Crippen molar-refractivity contribution in [3.63, 3.8) is 0 Å². The third-order valence-electron chi connectivity index (χ3n) is 5.39. The minimum atomic E-state index is -0.511. The van der Waals surface area contributed by atoms with Gasteiger partial charge in [0, 0.05) is 12.6 Å². The van der Waals surface area contributed by atoms with Crippen molar-refractivity contribution in [1.82, 2.24) is 10.2 Å². The Balaban J connectivity index is 1.72. The maximum atomic E-state index is 13.1. The molecule has 2 amide bonds. The molecule has 5 heteroatoms. The van der Waals surface area contributed by atoms with E-state index in [2.05, 4.69) is 5.32 Å². The van der Waals surface area contributed by atoms with Crippen molar-refractivity contribution >= 4 is 11.8 Å². The molecule has 1 atom stereocenters. The molecule has 3 rings (SSSR count). The van der Waals surface area contributed by atoms with Gasteiger partial charge in [-0.15, -0.1) is 0 Å². The third-order valence-corrected chi connectivity index (χ3v) is 5.39. The van der Waals surface area contributed by atoms with Crippen LogP contribution in [0.5, 0.6) is 5.75 Å². The average molecular weight is 395 g/mol. The first kappa shape index (κ1) is 20.9. The molecular formula is C24H30N2O3. The lowest BCUT2D eigenvalue weighted by atomic mass is 10.1. The SMILES string of the molecule is CC[C@H](C(=O)NC1CCCC1)N(Cc1ccccc1)C(=O)COc1ccccc1. The minimum Gasteiger partial charge on any atom is -0.484 e. The quantitative estimate of drug-likeness (QED) is 0.701. The Hall–Kier alpha value is -2.82. The maximum Gasteiger partial charge on any atom is 0.261 e. The van der Waals surface area contributed by atoms with E-state index in [1.165, 1.54) is 0 Å². The Bertz CT molecular complexity index is 773. The molecule has 1 fully saturated rings. The summed E-state index contributed by atoms with van der Waals surface area (Å²) in [7, 11) is 0. The third kappa shape index (κ3) is 6.08. The van der Waals surface area contributed by atoms with Crippen LogP contribution in [-0.4, -0.2) is 35.4 Å². The highest BCUT2D eigenvalue weighted by molar-refractivity contribution is 5.88. The Kier molecular flexibility index (Phi) is 7.68. The van der Waals surface area contributed by atoms with Gasteiger partial charge in [-0.25, -0.2) is 0 Å². The molecule has 1 saturated carbocycles. The van der Waals surface area contributed by atoms with Gasteiger partial charge in [0.25, 0.3) is 5.91 Å². The highest BCUT2D eigenvalue weighted by atomic mass is 16.5. The van der Waals surface area contributed by atoms with Gasteiger partial charge in [-0.3, -0.25) is 9.59 Å². The van der Waals surface area contributed by atoms with Crippen LogP contribution in [0.15, 0.2) is 60.7 Å². The van der Waals surface area contributed by atoms with Crippen molar-refractivity contribution in [3.05, 3.63) is 66.2 Å². The first-order valence-corrected chi connectivity index (χ1v) is 10.5. The number of carbonyl (C=O) groups is 2. The lowest BCUT2D eigenvalue weighted by molar-refractivity contribution is -0.143. The van der Waals surface area contributed by atoms with Gasteiger partial charge in [0.15, 0.2) is 6.61 Å². The van der Waals surface area contributed by atoms with Crippen LogP contribution in [0.3, 0.4) is 0 Å². The van der Waals surface area contributed by atoms with Gasteiger partial charge in [0.2, 0.25) is 5.91 Å². The van der Waals surface area contributed by atoms with Gasteiger partial charge >= 0.3 is 0 Å². The number of ether oxygens (including phenoxy) is 1. The number of carbonyl (C=O) groups excluding carboxylic acids is 2. The van der Waals surface area contributed by atoms with Crippen molar-refractivity contribution in [2.24, 2.45) is 0 Å². The number of para-hydroxylation sites is 1. The fraction of sp³-hybridized carbons (Fsp3) is 0.417. The summed E-state index contributed by atoms with van der Waals surface area (Å²) in [5.74, 6) is 0.387. The normalized spacial score (nSPS) is 14.9. The molecule has 1 N–H and O–H groups in total. The largest absolute Gasteiger partial charge is 0.484 e. The van der Waals surface area contributed by atoms with Crippen LogP contribution < -0.4 is 10.1 Å². The molecule has 0 bridgehead atoms. The number of amides is 2. The highest BCUT2D eigenvalue weighted by Gasteiger charge is 2.30. The van der Waals surface area contributed by atoms with Gasteiger partial charge < -0.3 is 15.0 Å². The molecular weight excluding hydrogens is 364 g/mol. The number of nitrogens with zero attached hydrogens (tertiary/aromatic N) is 1. The summed E-state index contributed by atoms with van der Waals surface area (Å²) in [6.45, 7) is 2.24. The summed E-state index contributed by atoms with van der Waals surface area (Å²) in [5, 5.41) is 3.15. The molecule has 0 spiro atoms. The van der Waals surface area contributed by atoms with Gasteiger partial charge in [-0.05, 0) is 37.0 Å². The first-order valence-electron chi connectivity index (χ1n) is 10.5. The van der Waals surface area contributed by atoms with Crippen LogP contribution in [0.2, 0.25) is 0 Å². The van der Waals surface area contributed by atoms with Gasteiger partial charge in [0.1, 0.15) is 11.8 Å². The zero-order valence-electron chi connectivity index (χ0n) is 17.0. The number of hydrogen-bond acceptors (Lipinski definition) is 3. The summed E-state index contributed by atoms with van der Waals surface area (Å²) in [6, 6.07) is 18.8. The predicted molar refractivity (Wildman–Crippen MR) is 113 cm³/mol. The topological polar surface area (TPSA) is 58.6 Å². The fourth-order valence-corrected chi connectivity index (χ4v) is 3.81. The minimum absolute atomic E-state index is 0.0663. The Morgan fingerprint density at radius 1 is 1.03 bits per heavy atom. The van der Waals surface area contributed by atoms with Gasteiger partial charge in [-0.1, -0.05) is 68.3 Å². The summed E-state index contributed by atoms with van der Waals surface area (Å²) in [5.41, 5.74) is 0.993. The molecule has 0 aliphatic heterocycles. The zero-order valence-corrected chi connectivity index (χ0v) is 17.0. The lowest BCUT2D eigenvalue weighted by Gasteiger charge is -2.31. The van der Waals surface area contributed by atoms with E-state index in [-0.39, 0.29) is 24.5 Å². The van der Waals surface area contributed by atoms with Crippen molar-refractivity contribution in [1.29, 1.82) is 0 Å². The Labute approximate surface area is 173 Å². The maximum absolute atomic E-state index is 13.1. The van der Waals surface area contributed by atoms with Crippen molar-refractivity contribution in [3.8, 4) is 5.75 Å². The Morgan fingerprint density at radius 2 is 1.66 bits per heavy atom. The molecule has 29 heavy (non-hydrogen) atoms. The molecule has 2 aromatic rings. The molecule has 0 saturated heterocycles. The van der Waals surface area contributed by atoms with Crippen molar-refractivity contribution < 1.29 is 14.3 Å². The van der Waals surface area contributed by atoms with Gasteiger partial charge in [0.05, 0.1) is 0 Å². The molecule has 5 nitrogen and oxygen atoms in total. The Morgan fingerprint density at radius 3 is 2.28 bits per heavy atom. The van der Waals surface area contributed by atoms with E-state index in [9.17, 15) is 9.59 Å². The lowest BCUT2D eigenvalue weighted by Crippen LogP contribution is -2.52. The second-order valence-electron chi connectivity index (χ2n) is 7.52. The van der Waals surface area contributed by atoms with Crippen LogP contribution in [0.1, 0.15) is 44.6 Å². The smallest absolute Gasteiger partial charge is 0.261 e. The first-order chi connectivity index (χ1) is 14.2. The van der Waals surface area contributed by atoms with E-state index in [1.54, 1.807) is 4.90 Å². The number of benzene rings is 2. The van der Waals surface area contributed by atoms with E-state index in [1.807, 2.05) is 67.6 Å². The number of nitrogens with one attached hydrogen (secondary N) is 1. The summed E-state index contributed by atoms with van der Waals surface area (Å²) >= 11 is 0. The van der Waals surface area contributed by atoms with E-state index in [0.717, 1.165) is 31.2 Å². The summed E-state index contributed by atoms with van der Waals surface area (Å²) in [4.78, 5) is 27.7. The van der Waals surface area contributed by atoms with Crippen LogP contribution >= 0.6 is 0 Å². The summed E-state index contributed by atoms with van der Waals surface area (Å²) < 4.78 is 5.67.